The van der Waals surface area contributed by atoms with Gasteiger partial charge in [0.05, 0.1) is 17.1 Å². The van der Waals surface area contributed by atoms with Crippen LogP contribution in [0.2, 0.25) is 0 Å². The first kappa shape index (κ1) is 15.8. The van der Waals surface area contributed by atoms with Crippen LogP contribution in [-0.4, -0.2) is 9.55 Å². The zero-order chi connectivity index (χ0) is 16.4. The summed E-state index contributed by atoms with van der Waals surface area (Å²) in [4.78, 5) is 4.84. The van der Waals surface area contributed by atoms with Gasteiger partial charge in [0.1, 0.15) is 5.82 Å². The van der Waals surface area contributed by atoms with Gasteiger partial charge in [-0.05, 0) is 56.5 Å². The van der Waals surface area contributed by atoms with Gasteiger partial charge in [-0.25, -0.2) is 4.98 Å². The molecule has 0 aliphatic rings. The van der Waals surface area contributed by atoms with Gasteiger partial charge in [0.25, 0.3) is 0 Å². The van der Waals surface area contributed by atoms with Gasteiger partial charge in [0, 0.05) is 13.1 Å². The van der Waals surface area contributed by atoms with Crippen LogP contribution >= 0.6 is 0 Å². The fourth-order valence-corrected chi connectivity index (χ4v) is 3.11. The first-order valence-corrected chi connectivity index (χ1v) is 8.35. The Labute approximate surface area is 138 Å². The molecule has 120 valence electrons. The number of rotatable bonds is 5. The molecule has 3 aromatic rings. The summed E-state index contributed by atoms with van der Waals surface area (Å²) in [7, 11) is 0. The first-order chi connectivity index (χ1) is 11.1. The molecule has 0 radical (unpaired) electrons. The molecule has 1 unspecified atom stereocenters. The number of aryl methyl sites for hydroxylation is 2. The normalized spacial score (nSPS) is 12.7. The molecule has 23 heavy (non-hydrogen) atoms. The maximum atomic E-state index is 4.84. The molecule has 3 rings (SSSR count). The van der Waals surface area contributed by atoms with Gasteiger partial charge in [0.2, 0.25) is 0 Å². The van der Waals surface area contributed by atoms with Crippen molar-refractivity contribution in [2.45, 2.75) is 46.8 Å². The largest absolute Gasteiger partial charge is 0.327 e. The zero-order valence-electron chi connectivity index (χ0n) is 14.4. The SMILES string of the molecule is CCn1c(C(C)NCc2cccc(C)c2C)nc2ccccc21. The minimum absolute atomic E-state index is 0.210. The van der Waals surface area contributed by atoms with Gasteiger partial charge >= 0.3 is 0 Å². The van der Waals surface area contributed by atoms with Crippen LogP contribution in [-0.2, 0) is 13.1 Å². The number of hydrogen-bond donors (Lipinski definition) is 1. The van der Waals surface area contributed by atoms with Crippen molar-refractivity contribution in [1.29, 1.82) is 0 Å². The van der Waals surface area contributed by atoms with Crippen LogP contribution in [0.5, 0.6) is 0 Å². The van der Waals surface area contributed by atoms with Gasteiger partial charge in [-0.3, -0.25) is 0 Å². The monoisotopic (exact) mass is 307 g/mol. The average molecular weight is 307 g/mol. The van der Waals surface area contributed by atoms with E-state index in [0.29, 0.717) is 0 Å². The number of benzene rings is 2. The maximum Gasteiger partial charge on any atom is 0.126 e. The third-order valence-electron chi connectivity index (χ3n) is 4.70. The fraction of sp³-hybridized carbons (Fsp3) is 0.350. The van der Waals surface area contributed by atoms with Crippen LogP contribution in [0, 0.1) is 13.8 Å². The molecule has 0 spiro atoms. The predicted molar refractivity (Wildman–Crippen MR) is 96.6 cm³/mol. The second-order valence-corrected chi connectivity index (χ2v) is 6.16. The van der Waals surface area contributed by atoms with E-state index in [2.05, 4.69) is 74.0 Å². The van der Waals surface area contributed by atoms with Crippen molar-refractivity contribution in [3.63, 3.8) is 0 Å². The molecule has 2 aromatic carbocycles. The molecule has 1 aromatic heterocycles. The highest BCUT2D eigenvalue weighted by Crippen LogP contribution is 2.21. The van der Waals surface area contributed by atoms with Gasteiger partial charge < -0.3 is 9.88 Å². The molecule has 1 atom stereocenters. The summed E-state index contributed by atoms with van der Waals surface area (Å²) in [6.45, 7) is 10.5. The van der Waals surface area contributed by atoms with E-state index in [1.807, 2.05) is 6.07 Å². The smallest absolute Gasteiger partial charge is 0.126 e. The summed E-state index contributed by atoms with van der Waals surface area (Å²) < 4.78 is 2.30. The van der Waals surface area contributed by atoms with Crippen LogP contribution in [0.15, 0.2) is 42.5 Å². The Morgan fingerprint density at radius 2 is 1.87 bits per heavy atom. The molecule has 0 saturated heterocycles. The molecule has 3 nitrogen and oxygen atoms in total. The van der Waals surface area contributed by atoms with Crippen molar-refractivity contribution in [2.75, 3.05) is 0 Å². The topological polar surface area (TPSA) is 29.9 Å². The van der Waals surface area contributed by atoms with Crippen molar-refractivity contribution in [3.8, 4) is 0 Å². The predicted octanol–water partition coefficient (Wildman–Crippen LogP) is 4.52. The van der Waals surface area contributed by atoms with Crippen molar-refractivity contribution in [2.24, 2.45) is 0 Å². The van der Waals surface area contributed by atoms with E-state index in [1.165, 1.54) is 22.2 Å². The molecule has 0 aliphatic carbocycles. The molecule has 0 aliphatic heterocycles. The standard InChI is InChI=1S/C20H25N3/c1-5-23-19-12-7-6-11-18(19)22-20(23)16(4)21-13-17-10-8-9-14(2)15(17)3/h6-12,16,21H,5,13H2,1-4H3. The lowest BCUT2D eigenvalue weighted by molar-refractivity contribution is 0.521. The Balaban J connectivity index is 1.83. The van der Waals surface area contributed by atoms with Gasteiger partial charge in [-0.2, -0.15) is 0 Å². The van der Waals surface area contributed by atoms with Gasteiger partial charge in [-0.15, -0.1) is 0 Å². The Morgan fingerprint density at radius 1 is 1.09 bits per heavy atom. The minimum Gasteiger partial charge on any atom is -0.327 e. The molecule has 0 saturated carbocycles. The van der Waals surface area contributed by atoms with Crippen LogP contribution in [0.1, 0.15) is 42.4 Å². The molecule has 0 fully saturated rings. The van der Waals surface area contributed by atoms with Crippen LogP contribution in [0.25, 0.3) is 11.0 Å². The number of aromatic nitrogens is 2. The van der Waals surface area contributed by atoms with Crippen molar-refractivity contribution < 1.29 is 0 Å². The Hall–Kier alpha value is -2.13. The second-order valence-electron chi connectivity index (χ2n) is 6.16. The van der Waals surface area contributed by atoms with Gasteiger partial charge in [-0.1, -0.05) is 30.3 Å². The lowest BCUT2D eigenvalue weighted by atomic mass is 10.0. The fourth-order valence-electron chi connectivity index (χ4n) is 3.11. The van der Waals surface area contributed by atoms with Crippen molar-refractivity contribution in [1.82, 2.24) is 14.9 Å². The quantitative estimate of drug-likeness (QED) is 0.751. The van der Waals surface area contributed by atoms with Crippen LogP contribution in [0.4, 0.5) is 0 Å². The van der Waals surface area contributed by atoms with E-state index in [4.69, 9.17) is 4.98 Å². The maximum absolute atomic E-state index is 4.84. The van der Waals surface area contributed by atoms with E-state index < -0.39 is 0 Å². The van der Waals surface area contributed by atoms with Gasteiger partial charge in [0.15, 0.2) is 0 Å². The molecule has 1 N–H and O–H groups in total. The highest BCUT2D eigenvalue weighted by atomic mass is 15.1. The number of imidazole rings is 1. The van der Waals surface area contributed by atoms with E-state index in [9.17, 15) is 0 Å². The van der Waals surface area contributed by atoms with Crippen molar-refractivity contribution in [3.05, 3.63) is 65.0 Å². The van der Waals surface area contributed by atoms with E-state index in [0.717, 1.165) is 24.4 Å². The van der Waals surface area contributed by atoms with E-state index >= 15 is 0 Å². The summed E-state index contributed by atoms with van der Waals surface area (Å²) in [5, 5.41) is 3.64. The minimum atomic E-state index is 0.210. The Morgan fingerprint density at radius 3 is 2.65 bits per heavy atom. The highest BCUT2D eigenvalue weighted by molar-refractivity contribution is 5.76. The summed E-state index contributed by atoms with van der Waals surface area (Å²) >= 11 is 0. The summed E-state index contributed by atoms with van der Waals surface area (Å²) in [6, 6.07) is 15.1. The number of hydrogen-bond acceptors (Lipinski definition) is 2. The zero-order valence-corrected chi connectivity index (χ0v) is 14.4. The Kier molecular flexibility index (Phi) is 4.49. The molecule has 0 amide bonds. The lowest BCUT2D eigenvalue weighted by Crippen LogP contribution is -2.22. The second kappa shape index (κ2) is 6.55. The molecular weight excluding hydrogens is 282 g/mol. The van der Waals surface area contributed by atoms with Crippen LogP contribution in [0.3, 0.4) is 0 Å². The number of para-hydroxylation sites is 2. The lowest BCUT2D eigenvalue weighted by Gasteiger charge is -2.17. The summed E-state index contributed by atoms with van der Waals surface area (Å²) in [5.74, 6) is 1.11. The molecule has 0 bridgehead atoms. The summed E-state index contributed by atoms with van der Waals surface area (Å²) in [6.07, 6.45) is 0. The first-order valence-electron chi connectivity index (χ1n) is 8.35. The average Bonchev–Trinajstić information content (AvgIpc) is 2.94. The van der Waals surface area contributed by atoms with E-state index in [1.54, 1.807) is 0 Å². The van der Waals surface area contributed by atoms with E-state index in [-0.39, 0.29) is 6.04 Å². The molecular formula is C20H25N3. The highest BCUT2D eigenvalue weighted by Gasteiger charge is 2.15. The molecule has 1 heterocycles. The number of nitrogens with one attached hydrogen (secondary N) is 1. The Bertz CT molecular complexity index is 817. The van der Waals surface area contributed by atoms with Crippen LogP contribution < -0.4 is 5.32 Å². The van der Waals surface area contributed by atoms with Crippen molar-refractivity contribution >= 4 is 11.0 Å². The third-order valence-corrected chi connectivity index (χ3v) is 4.70. The number of fused-ring (bicyclic) bond motifs is 1. The third kappa shape index (κ3) is 3.02. The number of nitrogens with zero attached hydrogens (tertiary/aromatic N) is 2. The molecule has 3 heteroatoms. The summed E-state index contributed by atoms with van der Waals surface area (Å²) in [5.41, 5.74) is 6.36.